The lowest BCUT2D eigenvalue weighted by molar-refractivity contribution is -0.133. The van der Waals surface area contributed by atoms with Crippen molar-refractivity contribution in [3.63, 3.8) is 0 Å². The van der Waals surface area contributed by atoms with E-state index in [-0.39, 0.29) is 35.2 Å². The second-order valence-electron chi connectivity index (χ2n) is 6.82. The number of rotatable bonds is 5. The normalized spacial score (nSPS) is 14.3. The Labute approximate surface area is 173 Å². The van der Waals surface area contributed by atoms with E-state index in [1.807, 2.05) is 6.07 Å². The summed E-state index contributed by atoms with van der Waals surface area (Å²) < 4.78 is 13.2. The zero-order valence-corrected chi connectivity index (χ0v) is 16.4. The first kappa shape index (κ1) is 20.8. The van der Waals surface area contributed by atoms with Crippen LogP contribution in [0.4, 0.5) is 10.1 Å². The largest absolute Gasteiger partial charge is 0.343 e. The van der Waals surface area contributed by atoms with Gasteiger partial charge in [-0.1, -0.05) is 29.8 Å². The molecule has 152 valence electrons. The summed E-state index contributed by atoms with van der Waals surface area (Å²) in [6.45, 7) is 0.781. The number of carbonyl (C=O) groups excluding carboxylic acids is 3. The Balaban J connectivity index is 1.44. The quantitative estimate of drug-likeness (QED) is 0.784. The lowest BCUT2D eigenvalue weighted by Crippen LogP contribution is -2.45. The molecule has 1 saturated heterocycles. The van der Waals surface area contributed by atoms with E-state index in [0.29, 0.717) is 37.2 Å². The van der Waals surface area contributed by atoms with Gasteiger partial charge in [-0.3, -0.25) is 14.4 Å². The van der Waals surface area contributed by atoms with Crippen molar-refractivity contribution >= 4 is 35.0 Å². The van der Waals surface area contributed by atoms with E-state index in [2.05, 4.69) is 10.6 Å². The lowest BCUT2D eigenvalue weighted by atomic mass is 9.95. The van der Waals surface area contributed by atoms with Crippen LogP contribution in [0.3, 0.4) is 0 Å². The van der Waals surface area contributed by atoms with Crippen LogP contribution in [-0.2, 0) is 9.59 Å². The molecule has 3 amide bonds. The van der Waals surface area contributed by atoms with Crippen LogP contribution in [0, 0.1) is 11.7 Å². The number of hydrogen-bond donors (Lipinski definition) is 2. The molecule has 2 N–H and O–H groups in total. The zero-order valence-electron chi connectivity index (χ0n) is 15.7. The first-order valence-electron chi connectivity index (χ1n) is 9.31. The molecule has 0 spiro atoms. The molecule has 1 fully saturated rings. The Morgan fingerprint density at radius 1 is 1.07 bits per heavy atom. The molecule has 2 aromatic rings. The van der Waals surface area contributed by atoms with Gasteiger partial charge in [0.25, 0.3) is 5.91 Å². The van der Waals surface area contributed by atoms with Crippen molar-refractivity contribution in [3.8, 4) is 0 Å². The van der Waals surface area contributed by atoms with E-state index < -0.39 is 5.82 Å². The highest BCUT2D eigenvalue weighted by atomic mass is 35.5. The van der Waals surface area contributed by atoms with Crippen LogP contribution in [-0.4, -0.2) is 42.3 Å². The number of carbonyl (C=O) groups is 3. The third-order valence-corrected chi connectivity index (χ3v) is 5.13. The smallest absolute Gasteiger partial charge is 0.251 e. The molecule has 0 radical (unpaired) electrons. The molecule has 0 aromatic heterocycles. The van der Waals surface area contributed by atoms with E-state index in [9.17, 15) is 18.8 Å². The molecular weight excluding hydrogens is 397 g/mol. The minimum atomic E-state index is -0.546. The standard InChI is InChI=1S/C21H21ClFN3O3/c22-17-12-16(6-7-18(17)23)25-21(29)15-8-10-26(11-9-15)19(27)13-24-20(28)14-4-2-1-3-5-14/h1-7,12,15H,8-11,13H2,(H,24,28)(H,25,29). The van der Waals surface area contributed by atoms with Gasteiger partial charge in [0, 0.05) is 30.3 Å². The van der Waals surface area contributed by atoms with E-state index >= 15 is 0 Å². The van der Waals surface area contributed by atoms with Gasteiger partial charge in [0.15, 0.2) is 0 Å². The molecule has 0 atom stereocenters. The highest BCUT2D eigenvalue weighted by Crippen LogP contribution is 2.22. The topological polar surface area (TPSA) is 78.5 Å². The van der Waals surface area contributed by atoms with Crippen molar-refractivity contribution in [3.05, 3.63) is 64.9 Å². The summed E-state index contributed by atoms with van der Waals surface area (Å²) in [7, 11) is 0. The third-order valence-electron chi connectivity index (χ3n) is 4.84. The first-order valence-corrected chi connectivity index (χ1v) is 9.69. The van der Waals surface area contributed by atoms with Crippen LogP contribution in [0.1, 0.15) is 23.2 Å². The minimum absolute atomic E-state index is 0.0548. The Kier molecular flexibility index (Phi) is 6.82. The van der Waals surface area contributed by atoms with Crippen LogP contribution < -0.4 is 10.6 Å². The predicted octanol–water partition coefficient (Wildman–Crippen LogP) is 3.09. The highest BCUT2D eigenvalue weighted by Gasteiger charge is 2.27. The third kappa shape index (κ3) is 5.54. The molecule has 6 nitrogen and oxygen atoms in total. The Morgan fingerprint density at radius 3 is 2.41 bits per heavy atom. The minimum Gasteiger partial charge on any atom is -0.343 e. The highest BCUT2D eigenvalue weighted by molar-refractivity contribution is 6.31. The van der Waals surface area contributed by atoms with Gasteiger partial charge in [-0.05, 0) is 43.2 Å². The maximum absolute atomic E-state index is 13.2. The van der Waals surface area contributed by atoms with Gasteiger partial charge >= 0.3 is 0 Å². The summed E-state index contributed by atoms with van der Waals surface area (Å²) in [4.78, 5) is 38.4. The van der Waals surface area contributed by atoms with Gasteiger partial charge in [0.1, 0.15) is 5.82 Å². The Hall–Kier alpha value is -2.93. The summed E-state index contributed by atoms with van der Waals surface area (Å²) in [6, 6.07) is 12.7. The molecule has 8 heteroatoms. The lowest BCUT2D eigenvalue weighted by Gasteiger charge is -2.31. The molecule has 1 aliphatic heterocycles. The Bertz CT molecular complexity index is 899. The van der Waals surface area contributed by atoms with Gasteiger partial charge in [-0.2, -0.15) is 0 Å². The fourth-order valence-corrected chi connectivity index (χ4v) is 3.35. The first-order chi connectivity index (χ1) is 13.9. The maximum atomic E-state index is 13.2. The predicted molar refractivity (Wildman–Crippen MR) is 108 cm³/mol. The van der Waals surface area contributed by atoms with Crippen LogP contribution in [0.25, 0.3) is 0 Å². The van der Waals surface area contributed by atoms with E-state index in [4.69, 9.17) is 11.6 Å². The zero-order chi connectivity index (χ0) is 20.8. The molecule has 1 aliphatic rings. The van der Waals surface area contributed by atoms with Crippen LogP contribution >= 0.6 is 11.6 Å². The molecular formula is C21H21ClFN3O3. The van der Waals surface area contributed by atoms with Gasteiger partial charge in [0.05, 0.1) is 11.6 Å². The fourth-order valence-electron chi connectivity index (χ4n) is 3.17. The second kappa shape index (κ2) is 9.52. The van der Waals surface area contributed by atoms with Crippen molar-refractivity contribution < 1.29 is 18.8 Å². The van der Waals surface area contributed by atoms with Crippen molar-refractivity contribution in [1.82, 2.24) is 10.2 Å². The SMILES string of the molecule is O=C(NCC(=O)N1CCC(C(=O)Nc2ccc(F)c(Cl)c2)CC1)c1ccccc1. The van der Waals surface area contributed by atoms with Crippen LogP contribution in [0.2, 0.25) is 5.02 Å². The number of benzene rings is 2. The van der Waals surface area contributed by atoms with Crippen molar-refractivity contribution in [2.24, 2.45) is 5.92 Å². The summed E-state index contributed by atoms with van der Waals surface area (Å²) >= 11 is 5.73. The molecule has 0 bridgehead atoms. The number of hydrogen-bond acceptors (Lipinski definition) is 3. The number of anilines is 1. The number of likely N-dealkylation sites (tertiary alicyclic amines) is 1. The Morgan fingerprint density at radius 2 is 1.76 bits per heavy atom. The number of nitrogens with zero attached hydrogens (tertiary/aromatic N) is 1. The van der Waals surface area contributed by atoms with E-state index in [0.717, 1.165) is 0 Å². The number of piperidine rings is 1. The fraction of sp³-hybridized carbons (Fsp3) is 0.286. The molecule has 3 rings (SSSR count). The van der Waals surface area contributed by atoms with Crippen LogP contribution in [0.15, 0.2) is 48.5 Å². The summed E-state index contributed by atoms with van der Waals surface area (Å²) in [5, 5.41) is 5.30. The van der Waals surface area contributed by atoms with Crippen molar-refractivity contribution in [1.29, 1.82) is 0 Å². The second-order valence-corrected chi connectivity index (χ2v) is 7.23. The van der Waals surface area contributed by atoms with Crippen molar-refractivity contribution in [2.45, 2.75) is 12.8 Å². The van der Waals surface area contributed by atoms with Crippen LogP contribution in [0.5, 0.6) is 0 Å². The van der Waals surface area contributed by atoms with Crippen molar-refractivity contribution in [2.75, 3.05) is 25.0 Å². The van der Waals surface area contributed by atoms with Gasteiger partial charge in [-0.15, -0.1) is 0 Å². The van der Waals surface area contributed by atoms with E-state index in [1.54, 1.807) is 29.2 Å². The summed E-state index contributed by atoms with van der Waals surface area (Å²) in [6.07, 6.45) is 1.03. The molecule has 1 heterocycles. The molecule has 2 aromatic carbocycles. The van der Waals surface area contributed by atoms with Gasteiger partial charge in [0.2, 0.25) is 11.8 Å². The summed E-state index contributed by atoms with van der Waals surface area (Å²) in [5.41, 5.74) is 0.931. The molecule has 0 unspecified atom stereocenters. The van der Waals surface area contributed by atoms with Gasteiger partial charge < -0.3 is 15.5 Å². The number of amides is 3. The van der Waals surface area contributed by atoms with Gasteiger partial charge in [-0.25, -0.2) is 4.39 Å². The summed E-state index contributed by atoms with van der Waals surface area (Å²) in [5.74, 6) is -1.46. The monoisotopic (exact) mass is 417 g/mol. The molecule has 29 heavy (non-hydrogen) atoms. The molecule has 0 saturated carbocycles. The maximum Gasteiger partial charge on any atom is 0.251 e. The average Bonchev–Trinajstić information content (AvgIpc) is 2.75. The average molecular weight is 418 g/mol. The van der Waals surface area contributed by atoms with E-state index in [1.165, 1.54) is 18.2 Å². The number of nitrogens with one attached hydrogen (secondary N) is 2. The number of halogens is 2. The molecule has 0 aliphatic carbocycles.